The molecule has 2 aromatic rings. The molecule has 1 fully saturated rings. The molecule has 2 aliphatic rings. The number of primary amides is 1. The molecule has 1 aliphatic heterocycles. The van der Waals surface area contributed by atoms with Crippen LogP contribution in [0.15, 0.2) is 48.5 Å². The molecule has 0 unspecified atom stereocenters. The Morgan fingerprint density at radius 1 is 0.923 bits per heavy atom. The van der Waals surface area contributed by atoms with Gasteiger partial charge in [-0.05, 0) is 66.9 Å². The highest BCUT2D eigenvalue weighted by molar-refractivity contribution is 5.73. The van der Waals surface area contributed by atoms with Gasteiger partial charge >= 0.3 is 0 Å². The van der Waals surface area contributed by atoms with Crippen LogP contribution in [0.1, 0.15) is 47.4 Å². The van der Waals surface area contributed by atoms with Crippen LogP contribution in [0, 0.1) is 5.92 Å². The third-order valence-corrected chi connectivity index (χ3v) is 6.22. The normalized spacial score (nSPS) is 18.8. The Labute approximate surface area is 156 Å². The SMILES string of the molecule is NC(=O)CCN1CCC(C2c3ccccc3CCc3ccccc32)CC1. The fraction of sp³-hybridized carbons (Fsp3) is 0.435. The predicted molar refractivity (Wildman–Crippen MR) is 105 cm³/mol. The average Bonchev–Trinajstić information content (AvgIpc) is 2.84. The maximum absolute atomic E-state index is 11.1. The van der Waals surface area contributed by atoms with E-state index in [2.05, 4.69) is 53.4 Å². The smallest absolute Gasteiger partial charge is 0.218 e. The lowest BCUT2D eigenvalue weighted by molar-refractivity contribution is -0.118. The lowest BCUT2D eigenvalue weighted by Crippen LogP contribution is -2.37. The first kappa shape index (κ1) is 17.3. The maximum atomic E-state index is 11.1. The van der Waals surface area contributed by atoms with Gasteiger partial charge in [0.15, 0.2) is 0 Å². The van der Waals surface area contributed by atoms with Crippen LogP contribution in [-0.4, -0.2) is 30.4 Å². The molecule has 0 saturated carbocycles. The van der Waals surface area contributed by atoms with Gasteiger partial charge in [-0.3, -0.25) is 4.79 Å². The molecule has 26 heavy (non-hydrogen) atoms. The molecule has 1 amide bonds. The van der Waals surface area contributed by atoms with Crippen LogP contribution >= 0.6 is 0 Å². The molecule has 3 nitrogen and oxygen atoms in total. The van der Waals surface area contributed by atoms with E-state index < -0.39 is 0 Å². The second kappa shape index (κ2) is 7.63. The summed E-state index contributed by atoms with van der Waals surface area (Å²) in [5.41, 5.74) is 11.4. The van der Waals surface area contributed by atoms with Gasteiger partial charge in [0, 0.05) is 18.9 Å². The summed E-state index contributed by atoms with van der Waals surface area (Å²) in [5.74, 6) is 0.974. The summed E-state index contributed by atoms with van der Waals surface area (Å²) in [6, 6.07) is 18.1. The van der Waals surface area contributed by atoms with Gasteiger partial charge in [-0.15, -0.1) is 0 Å². The molecule has 0 radical (unpaired) electrons. The number of carbonyl (C=O) groups is 1. The molecule has 0 spiro atoms. The van der Waals surface area contributed by atoms with Crippen molar-refractivity contribution in [2.45, 2.75) is 38.0 Å². The van der Waals surface area contributed by atoms with E-state index >= 15 is 0 Å². The van der Waals surface area contributed by atoms with Crippen LogP contribution < -0.4 is 5.73 Å². The van der Waals surface area contributed by atoms with E-state index in [0.717, 1.165) is 32.5 Å². The van der Waals surface area contributed by atoms with Gasteiger partial charge in [0.05, 0.1) is 0 Å². The molecule has 2 aromatic carbocycles. The molecule has 3 heteroatoms. The van der Waals surface area contributed by atoms with Crippen LogP contribution in [0.2, 0.25) is 0 Å². The maximum Gasteiger partial charge on any atom is 0.218 e. The first-order chi connectivity index (χ1) is 12.7. The van der Waals surface area contributed by atoms with E-state index in [1.165, 1.54) is 35.1 Å². The minimum absolute atomic E-state index is 0.196. The fourth-order valence-corrected chi connectivity index (χ4v) is 4.85. The van der Waals surface area contributed by atoms with E-state index in [1.807, 2.05) is 0 Å². The van der Waals surface area contributed by atoms with Crippen LogP contribution in [0.3, 0.4) is 0 Å². The van der Waals surface area contributed by atoms with E-state index in [4.69, 9.17) is 5.73 Å². The van der Waals surface area contributed by atoms with Crippen LogP contribution in [0.5, 0.6) is 0 Å². The van der Waals surface area contributed by atoms with Crippen LogP contribution in [-0.2, 0) is 17.6 Å². The number of hydrogen-bond donors (Lipinski definition) is 1. The Balaban J connectivity index is 1.59. The van der Waals surface area contributed by atoms with E-state index in [9.17, 15) is 4.79 Å². The van der Waals surface area contributed by atoms with Gasteiger partial charge in [-0.1, -0.05) is 48.5 Å². The van der Waals surface area contributed by atoms with Crippen molar-refractivity contribution in [3.63, 3.8) is 0 Å². The Morgan fingerprint density at radius 3 is 2.00 bits per heavy atom. The van der Waals surface area contributed by atoms with Crippen molar-refractivity contribution in [3.05, 3.63) is 70.8 Å². The number of fused-ring (bicyclic) bond motifs is 2. The van der Waals surface area contributed by atoms with Gasteiger partial charge in [-0.2, -0.15) is 0 Å². The molecule has 0 aromatic heterocycles. The summed E-state index contributed by atoms with van der Waals surface area (Å²) in [4.78, 5) is 13.5. The van der Waals surface area contributed by atoms with Crippen molar-refractivity contribution in [2.75, 3.05) is 19.6 Å². The van der Waals surface area contributed by atoms with Gasteiger partial charge < -0.3 is 10.6 Å². The number of nitrogens with zero attached hydrogens (tertiary/aromatic N) is 1. The largest absolute Gasteiger partial charge is 0.370 e. The summed E-state index contributed by atoms with van der Waals surface area (Å²) in [7, 11) is 0. The highest BCUT2D eigenvalue weighted by Gasteiger charge is 2.32. The van der Waals surface area contributed by atoms with Crippen molar-refractivity contribution < 1.29 is 4.79 Å². The molecule has 0 bridgehead atoms. The second-order valence-corrected chi connectivity index (χ2v) is 7.77. The Morgan fingerprint density at radius 2 is 1.46 bits per heavy atom. The van der Waals surface area contributed by atoms with E-state index in [0.29, 0.717) is 18.3 Å². The summed E-state index contributed by atoms with van der Waals surface area (Å²) in [6.45, 7) is 2.94. The quantitative estimate of drug-likeness (QED) is 0.919. The Bertz CT molecular complexity index is 730. The highest BCUT2D eigenvalue weighted by Crippen LogP contribution is 2.42. The molecular formula is C23H28N2O. The van der Waals surface area contributed by atoms with Gasteiger partial charge in [0.2, 0.25) is 5.91 Å². The number of aryl methyl sites for hydroxylation is 2. The van der Waals surface area contributed by atoms with Crippen molar-refractivity contribution in [3.8, 4) is 0 Å². The zero-order valence-corrected chi connectivity index (χ0v) is 15.4. The minimum atomic E-state index is -0.196. The zero-order chi connectivity index (χ0) is 17.9. The highest BCUT2D eigenvalue weighted by atomic mass is 16.1. The number of benzene rings is 2. The predicted octanol–water partition coefficient (Wildman–Crippen LogP) is 3.50. The first-order valence-electron chi connectivity index (χ1n) is 9.88. The summed E-state index contributed by atoms with van der Waals surface area (Å²) in [6.07, 6.45) is 5.13. The second-order valence-electron chi connectivity index (χ2n) is 7.77. The molecule has 2 N–H and O–H groups in total. The first-order valence-corrected chi connectivity index (χ1v) is 9.88. The average molecular weight is 348 g/mol. The van der Waals surface area contributed by atoms with Crippen LogP contribution in [0.4, 0.5) is 0 Å². The van der Waals surface area contributed by atoms with E-state index in [-0.39, 0.29) is 5.91 Å². The monoisotopic (exact) mass is 348 g/mol. The molecule has 136 valence electrons. The van der Waals surface area contributed by atoms with Crippen molar-refractivity contribution >= 4 is 5.91 Å². The van der Waals surface area contributed by atoms with Gasteiger partial charge in [0.1, 0.15) is 0 Å². The molecule has 1 aliphatic carbocycles. The minimum Gasteiger partial charge on any atom is -0.370 e. The van der Waals surface area contributed by atoms with Gasteiger partial charge in [0.25, 0.3) is 0 Å². The number of likely N-dealkylation sites (tertiary alicyclic amines) is 1. The number of nitrogens with two attached hydrogens (primary N) is 1. The third kappa shape index (κ3) is 3.54. The van der Waals surface area contributed by atoms with E-state index in [1.54, 1.807) is 0 Å². The number of hydrogen-bond acceptors (Lipinski definition) is 2. The number of carbonyl (C=O) groups excluding carboxylic acids is 1. The summed E-state index contributed by atoms with van der Waals surface area (Å²) in [5, 5.41) is 0. The number of rotatable bonds is 4. The molecule has 1 heterocycles. The zero-order valence-electron chi connectivity index (χ0n) is 15.4. The number of piperidine rings is 1. The third-order valence-electron chi connectivity index (χ3n) is 6.22. The number of amides is 1. The molecule has 1 saturated heterocycles. The van der Waals surface area contributed by atoms with Crippen LogP contribution in [0.25, 0.3) is 0 Å². The van der Waals surface area contributed by atoms with Gasteiger partial charge in [-0.25, -0.2) is 0 Å². The lowest BCUT2D eigenvalue weighted by Gasteiger charge is -2.37. The summed E-state index contributed by atoms with van der Waals surface area (Å²) >= 11 is 0. The topological polar surface area (TPSA) is 46.3 Å². The fourth-order valence-electron chi connectivity index (χ4n) is 4.85. The lowest BCUT2D eigenvalue weighted by atomic mass is 9.74. The van der Waals surface area contributed by atoms with Crippen molar-refractivity contribution in [1.29, 1.82) is 0 Å². The van der Waals surface area contributed by atoms with Crippen molar-refractivity contribution in [1.82, 2.24) is 4.90 Å². The standard InChI is InChI=1S/C23H28N2O/c24-22(26)13-16-25-14-11-19(12-15-25)23-20-7-3-1-5-17(20)9-10-18-6-2-4-8-21(18)23/h1-8,19,23H,9-16H2,(H2,24,26). The van der Waals surface area contributed by atoms with Crippen molar-refractivity contribution in [2.24, 2.45) is 11.7 Å². The summed E-state index contributed by atoms with van der Waals surface area (Å²) < 4.78 is 0. The molecule has 0 atom stereocenters. The molecule has 4 rings (SSSR count). The Hall–Kier alpha value is -2.13. The Kier molecular flexibility index (Phi) is 5.07. The molecular weight excluding hydrogens is 320 g/mol.